The Morgan fingerprint density at radius 3 is 2.68 bits per heavy atom. The molecule has 1 aromatic rings. The van der Waals surface area contributed by atoms with Gasteiger partial charge in [0.2, 0.25) is 10.0 Å². The van der Waals surface area contributed by atoms with Gasteiger partial charge in [-0.1, -0.05) is 18.5 Å². The molecule has 0 aromatic heterocycles. The molecule has 8 heteroatoms. The summed E-state index contributed by atoms with van der Waals surface area (Å²) in [6, 6.07) is 3.70. The zero-order valence-electron chi connectivity index (χ0n) is 12.3. The molecule has 0 radical (unpaired) electrons. The summed E-state index contributed by atoms with van der Waals surface area (Å²) in [4.78, 5) is 11.3. The summed E-state index contributed by atoms with van der Waals surface area (Å²) < 4.78 is 31.8. The van der Waals surface area contributed by atoms with Crippen LogP contribution in [0.15, 0.2) is 23.1 Å². The van der Waals surface area contributed by atoms with Crippen molar-refractivity contribution in [3.8, 4) is 5.75 Å². The summed E-state index contributed by atoms with van der Waals surface area (Å²) >= 11 is 5.99. The quantitative estimate of drug-likeness (QED) is 0.882. The average molecular weight is 348 g/mol. The molecule has 2 unspecified atom stereocenters. The maximum Gasteiger partial charge on any atom is 0.308 e. The van der Waals surface area contributed by atoms with Gasteiger partial charge in [0.05, 0.1) is 22.9 Å². The van der Waals surface area contributed by atoms with Crippen LogP contribution in [0.25, 0.3) is 0 Å². The van der Waals surface area contributed by atoms with Crippen LogP contribution in [0, 0.1) is 5.92 Å². The van der Waals surface area contributed by atoms with Crippen LogP contribution in [0.1, 0.15) is 19.8 Å². The number of carboxylic acids is 1. The standard InChI is InChI=1S/C14H18ClNO5S/c1-3-12-10(14(17)18)6-7-16(12)22(19,20)9-4-5-13(21-2)11(15)8-9/h4-5,8,10,12H,3,6-7H2,1-2H3,(H,17,18). The number of nitrogens with zero attached hydrogens (tertiary/aromatic N) is 1. The van der Waals surface area contributed by atoms with E-state index in [1.54, 1.807) is 6.92 Å². The van der Waals surface area contributed by atoms with E-state index >= 15 is 0 Å². The monoisotopic (exact) mass is 347 g/mol. The second-order valence-corrected chi connectivity index (χ2v) is 7.42. The van der Waals surface area contributed by atoms with E-state index < -0.39 is 28.0 Å². The number of halogens is 1. The smallest absolute Gasteiger partial charge is 0.308 e. The summed E-state index contributed by atoms with van der Waals surface area (Å²) in [5, 5.41) is 9.42. The normalized spacial score (nSPS) is 22.7. The van der Waals surface area contributed by atoms with Gasteiger partial charge in [0, 0.05) is 12.6 Å². The van der Waals surface area contributed by atoms with Crippen molar-refractivity contribution in [2.24, 2.45) is 5.92 Å². The number of ether oxygens (including phenoxy) is 1. The molecule has 1 aromatic carbocycles. The summed E-state index contributed by atoms with van der Waals surface area (Å²) in [6.07, 6.45) is 0.761. The second kappa shape index (κ2) is 6.44. The summed E-state index contributed by atoms with van der Waals surface area (Å²) in [6.45, 7) is 1.98. The van der Waals surface area contributed by atoms with Gasteiger partial charge in [-0.15, -0.1) is 0 Å². The molecule has 2 atom stereocenters. The third-order valence-corrected chi connectivity index (χ3v) is 6.18. The second-order valence-electron chi connectivity index (χ2n) is 5.12. The molecule has 122 valence electrons. The van der Waals surface area contributed by atoms with Crippen LogP contribution in [0.3, 0.4) is 0 Å². The van der Waals surface area contributed by atoms with Crippen molar-refractivity contribution < 1.29 is 23.1 Å². The van der Waals surface area contributed by atoms with E-state index in [1.165, 1.54) is 29.6 Å². The number of aliphatic carboxylic acids is 1. The Kier molecular flexibility index (Phi) is 4.99. The Balaban J connectivity index is 2.38. The minimum atomic E-state index is -3.78. The lowest BCUT2D eigenvalue weighted by atomic mass is 9.99. The Morgan fingerprint density at radius 2 is 2.18 bits per heavy atom. The molecule has 1 saturated heterocycles. The van der Waals surface area contributed by atoms with Crippen molar-refractivity contribution in [1.82, 2.24) is 4.31 Å². The molecule has 0 aliphatic carbocycles. The third-order valence-electron chi connectivity index (χ3n) is 3.96. The largest absolute Gasteiger partial charge is 0.495 e. The van der Waals surface area contributed by atoms with Gasteiger partial charge in [-0.05, 0) is 31.0 Å². The average Bonchev–Trinajstić information content (AvgIpc) is 2.91. The zero-order chi connectivity index (χ0) is 16.5. The maximum atomic E-state index is 12.8. The van der Waals surface area contributed by atoms with Crippen LogP contribution in [-0.4, -0.2) is 43.5 Å². The number of carbonyl (C=O) groups is 1. The van der Waals surface area contributed by atoms with Crippen molar-refractivity contribution in [3.05, 3.63) is 23.2 Å². The fourth-order valence-corrected chi connectivity index (χ4v) is 4.94. The van der Waals surface area contributed by atoms with E-state index in [-0.39, 0.29) is 16.5 Å². The highest BCUT2D eigenvalue weighted by atomic mass is 35.5. The van der Waals surface area contributed by atoms with Gasteiger partial charge in [-0.25, -0.2) is 8.42 Å². The first-order chi connectivity index (χ1) is 10.3. The first-order valence-electron chi connectivity index (χ1n) is 6.91. The van der Waals surface area contributed by atoms with Crippen LogP contribution in [0.2, 0.25) is 5.02 Å². The molecule has 1 aliphatic rings. The van der Waals surface area contributed by atoms with E-state index in [1.807, 2.05) is 0 Å². The SMILES string of the molecule is CCC1C(C(=O)O)CCN1S(=O)(=O)c1ccc(OC)c(Cl)c1. The fourth-order valence-electron chi connectivity index (χ4n) is 2.84. The molecular formula is C14H18ClNO5S. The highest BCUT2D eigenvalue weighted by Gasteiger charge is 2.43. The highest BCUT2D eigenvalue weighted by Crippen LogP contribution is 2.34. The van der Waals surface area contributed by atoms with Gasteiger partial charge in [0.15, 0.2) is 0 Å². The molecule has 2 rings (SSSR count). The molecule has 1 heterocycles. The predicted molar refractivity (Wildman–Crippen MR) is 81.7 cm³/mol. The van der Waals surface area contributed by atoms with Crippen molar-refractivity contribution >= 4 is 27.6 Å². The summed E-state index contributed by atoms with van der Waals surface area (Å²) in [5.41, 5.74) is 0. The Bertz CT molecular complexity index is 676. The third kappa shape index (κ3) is 2.93. The van der Waals surface area contributed by atoms with Gasteiger partial charge in [0.1, 0.15) is 5.75 Å². The van der Waals surface area contributed by atoms with Crippen LogP contribution in [-0.2, 0) is 14.8 Å². The molecule has 22 heavy (non-hydrogen) atoms. The number of benzene rings is 1. The fraction of sp³-hybridized carbons (Fsp3) is 0.500. The zero-order valence-corrected chi connectivity index (χ0v) is 13.9. The molecule has 0 spiro atoms. The van der Waals surface area contributed by atoms with Gasteiger partial charge < -0.3 is 9.84 Å². The lowest BCUT2D eigenvalue weighted by molar-refractivity contribution is -0.142. The Labute approximate surface area is 134 Å². The minimum Gasteiger partial charge on any atom is -0.495 e. The molecule has 0 saturated carbocycles. The first-order valence-corrected chi connectivity index (χ1v) is 8.73. The number of hydrogen-bond acceptors (Lipinski definition) is 4. The highest BCUT2D eigenvalue weighted by molar-refractivity contribution is 7.89. The molecular weight excluding hydrogens is 330 g/mol. The maximum absolute atomic E-state index is 12.8. The van der Waals surface area contributed by atoms with Gasteiger partial charge in [-0.3, -0.25) is 4.79 Å². The number of sulfonamides is 1. The first kappa shape index (κ1) is 17.1. The summed E-state index contributed by atoms with van der Waals surface area (Å²) in [5.74, 6) is -1.25. The molecule has 0 amide bonds. The van der Waals surface area contributed by atoms with E-state index in [2.05, 4.69) is 0 Å². The van der Waals surface area contributed by atoms with E-state index in [4.69, 9.17) is 16.3 Å². The molecule has 1 aliphatic heterocycles. The molecule has 1 N–H and O–H groups in total. The Hall–Kier alpha value is -1.31. The molecule has 0 bridgehead atoms. The molecule has 1 fully saturated rings. The topological polar surface area (TPSA) is 83.9 Å². The van der Waals surface area contributed by atoms with Gasteiger partial charge >= 0.3 is 5.97 Å². The van der Waals surface area contributed by atoms with Crippen LogP contribution < -0.4 is 4.74 Å². The number of methoxy groups -OCH3 is 1. The van der Waals surface area contributed by atoms with Crippen LogP contribution in [0.4, 0.5) is 0 Å². The van der Waals surface area contributed by atoms with Crippen molar-refractivity contribution in [2.75, 3.05) is 13.7 Å². The van der Waals surface area contributed by atoms with Gasteiger partial charge in [0.25, 0.3) is 0 Å². The summed E-state index contributed by atoms with van der Waals surface area (Å²) in [7, 11) is -2.34. The van der Waals surface area contributed by atoms with Crippen molar-refractivity contribution in [2.45, 2.75) is 30.7 Å². The van der Waals surface area contributed by atoms with E-state index in [9.17, 15) is 18.3 Å². The van der Waals surface area contributed by atoms with E-state index in [0.717, 1.165) is 0 Å². The van der Waals surface area contributed by atoms with Crippen molar-refractivity contribution in [1.29, 1.82) is 0 Å². The van der Waals surface area contributed by atoms with Crippen LogP contribution in [0.5, 0.6) is 5.75 Å². The van der Waals surface area contributed by atoms with Crippen molar-refractivity contribution in [3.63, 3.8) is 0 Å². The minimum absolute atomic E-state index is 0.0442. The van der Waals surface area contributed by atoms with Gasteiger partial charge in [-0.2, -0.15) is 4.31 Å². The lowest BCUT2D eigenvalue weighted by Crippen LogP contribution is -2.39. The van der Waals surface area contributed by atoms with Crippen LogP contribution >= 0.6 is 11.6 Å². The number of hydrogen-bond donors (Lipinski definition) is 1. The Morgan fingerprint density at radius 1 is 1.50 bits per heavy atom. The number of carboxylic acid groups (broad SMARTS) is 1. The predicted octanol–water partition coefficient (Wildman–Crippen LogP) is 2.22. The number of rotatable bonds is 5. The van der Waals surface area contributed by atoms with E-state index in [0.29, 0.717) is 18.6 Å². The molecule has 6 nitrogen and oxygen atoms in total. The lowest BCUT2D eigenvalue weighted by Gasteiger charge is -2.25.